The molecular formula is C13H13ClN2O4. The highest BCUT2D eigenvalue weighted by atomic mass is 35.5. The number of aryl methyl sites for hydroxylation is 1. The molecule has 1 aliphatic heterocycles. The van der Waals surface area contributed by atoms with Gasteiger partial charge in [0.05, 0.1) is 5.56 Å². The van der Waals surface area contributed by atoms with Crippen molar-refractivity contribution in [2.75, 3.05) is 7.11 Å². The number of methoxy groups -OCH3 is 1. The van der Waals surface area contributed by atoms with Crippen molar-refractivity contribution >= 4 is 23.8 Å². The fourth-order valence-corrected chi connectivity index (χ4v) is 2.29. The Balaban J connectivity index is 2.61. The molecule has 7 heteroatoms. The largest absolute Gasteiger partial charge is 0.478 e. The van der Waals surface area contributed by atoms with Crippen LogP contribution in [0.3, 0.4) is 0 Å². The molecular weight excluding hydrogens is 284 g/mol. The molecule has 0 fully saturated rings. The number of carboxylic acids is 1. The van der Waals surface area contributed by atoms with E-state index in [4.69, 9.17) is 16.3 Å². The van der Waals surface area contributed by atoms with E-state index < -0.39 is 18.0 Å². The van der Waals surface area contributed by atoms with Crippen LogP contribution in [0, 0.1) is 0 Å². The van der Waals surface area contributed by atoms with Gasteiger partial charge in [-0.1, -0.05) is 11.6 Å². The first-order valence-corrected chi connectivity index (χ1v) is 6.20. The fraction of sp³-hybridized carbons (Fsp3) is 0.308. The molecule has 2 unspecified atom stereocenters. The molecule has 0 spiro atoms. The van der Waals surface area contributed by atoms with E-state index in [1.807, 2.05) is 0 Å². The average molecular weight is 297 g/mol. The third kappa shape index (κ3) is 2.66. The van der Waals surface area contributed by atoms with Gasteiger partial charge >= 0.3 is 5.97 Å². The topological polar surface area (TPSA) is 80.9 Å². The number of nitrogens with zero attached hydrogens (tertiary/aromatic N) is 2. The summed E-state index contributed by atoms with van der Waals surface area (Å²) in [6.45, 7) is 0. The number of hydrogen-bond donors (Lipinski definition) is 1. The third-order valence-electron chi connectivity index (χ3n) is 3.14. The van der Waals surface area contributed by atoms with Crippen LogP contribution >= 0.6 is 11.6 Å². The molecule has 0 aliphatic carbocycles. The lowest BCUT2D eigenvalue weighted by Crippen LogP contribution is -2.28. The van der Waals surface area contributed by atoms with Gasteiger partial charge in [0.15, 0.2) is 0 Å². The van der Waals surface area contributed by atoms with Gasteiger partial charge in [0, 0.05) is 38.6 Å². The van der Waals surface area contributed by atoms with E-state index in [1.165, 1.54) is 24.1 Å². The lowest BCUT2D eigenvalue weighted by molar-refractivity contribution is 0.0693. The smallest absolute Gasteiger partial charge is 0.336 e. The van der Waals surface area contributed by atoms with Gasteiger partial charge in [-0.05, 0) is 11.6 Å². The Labute approximate surface area is 120 Å². The van der Waals surface area contributed by atoms with Gasteiger partial charge in [-0.2, -0.15) is 0 Å². The highest BCUT2D eigenvalue weighted by Gasteiger charge is 2.28. The van der Waals surface area contributed by atoms with E-state index in [1.54, 1.807) is 13.1 Å². The summed E-state index contributed by atoms with van der Waals surface area (Å²) in [5.74, 6) is -1.58. The van der Waals surface area contributed by atoms with Gasteiger partial charge in [-0.15, -0.1) is 0 Å². The molecule has 6 nitrogen and oxygen atoms in total. The third-order valence-corrected chi connectivity index (χ3v) is 3.36. The Morgan fingerprint density at radius 2 is 2.25 bits per heavy atom. The van der Waals surface area contributed by atoms with Gasteiger partial charge in [-0.25, -0.2) is 9.79 Å². The summed E-state index contributed by atoms with van der Waals surface area (Å²) in [7, 11) is 3.06. The molecule has 1 N–H and O–H groups in total. The molecule has 0 bridgehead atoms. The molecule has 2 atom stereocenters. The van der Waals surface area contributed by atoms with Crippen LogP contribution in [-0.2, 0) is 11.8 Å². The molecule has 1 aromatic heterocycles. The lowest BCUT2D eigenvalue weighted by Gasteiger charge is -2.24. The molecule has 0 amide bonds. The maximum atomic E-state index is 11.6. The van der Waals surface area contributed by atoms with Crippen LogP contribution in [0.15, 0.2) is 33.3 Å². The minimum atomic E-state index is -1.17. The predicted molar refractivity (Wildman–Crippen MR) is 74.6 cm³/mol. The Bertz CT molecular complexity index is 663. The van der Waals surface area contributed by atoms with E-state index in [9.17, 15) is 14.7 Å². The van der Waals surface area contributed by atoms with Crippen molar-refractivity contribution in [3.8, 4) is 0 Å². The number of carboxylic acid groups (broad SMARTS) is 1. The van der Waals surface area contributed by atoms with E-state index in [0.29, 0.717) is 5.56 Å². The van der Waals surface area contributed by atoms with Gasteiger partial charge in [-0.3, -0.25) is 4.79 Å². The van der Waals surface area contributed by atoms with Crippen molar-refractivity contribution in [1.29, 1.82) is 0 Å². The van der Waals surface area contributed by atoms with Crippen LogP contribution in [0.25, 0.3) is 0 Å². The Kier molecular flexibility index (Phi) is 4.06. The molecule has 0 saturated heterocycles. The molecule has 0 radical (unpaired) electrons. The van der Waals surface area contributed by atoms with Gasteiger partial charge in [0.1, 0.15) is 11.3 Å². The number of rotatable bonds is 3. The van der Waals surface area contributed by atoms with Gasteiger partial charge in [0.25, 0.3) is 5.56 Å². The first-order chi connectivity index (χ1) is 9.43. The number of aliphatic imine (C=N–C) groups is 1. The van der Waals surface area contributed by atoms with Crippen molar-refractivity contribution in [2.45, 2.75) is 12.0 Å². The lowest BCUT2D eigenvalue weighted by atomic mass is 9.90. The van der Waals surface area contributed by atoms with Crippen LogP contribution in [0.2, 0.25) is 0 Å². The number of aromatic carboxylic acids is 1. The first kappa shape index (κ1) is 14.5. The fourth-order valence-electron chi connectivity index (χ4n) is 2.10. The molecule has 2 heterocycles. The Hall–Kier alpha value is -1.92. The van der Waals surface area contributed by atoms with E-state index in [2.05, 4.69) is 4.99 Å². The summed E-state index contributed by atoms with van der Waals surface area (Å²) in [4.78, 5) is 26.9. The first-order valence-electron chi connectivity index (χ1n) is 5.82. The van der Waals surface area contributed by atoms with E-state index in [0.717, 1.165) is 6.07 Å². The monoisotopic (exact) mass is 296 g/mol. The molecule has 20 heavy (non-hydrogen) atoms. The van der Waals surface area contributed by atoms with Crippen molar-refractivity contribution in [2.24, 2.45) is 12.0 Å². The normalized spacial score (nSPS) is 21.6. The van der Waals surface area contributed by atoms with Crippen molar-refractivity contribution in [3.05, 3.63) is 45.0 Å². The number of ether oxygens (including phenoxy) is 1. The minimum absolute atomic E-state index is 0.0591. The van der Waals surface area contributed by atoms with Gasteiger partial charge < -0.3 is 14.4 Å². The van der Waals surface area contributed by atoms with E-state index in [-0.39, 0.29) is 16.3 Å². The minimum Gasteiger partial charge on any atom is -0.478 e. The molecule has 106 valence electrons. The summed E-state index contributed by atoms with van der Waals surface area (Å²) < 4.78 is 6.60. The predicted octanol–water partition coefficient (Wildman–Crippen LogP) is 1.35. The molecule has 2 rings (SSSR count). The van der Waals surface area contributed by atoms with Crippen LogP contribution in [0.4, 0.5) is 0 Å². The summed E-state index contributed by atoms with van der Waals surface area (Å²) >= 11 is 5.88. The quantitative estimate of drug-likeness (QED) is 0.854. The number of aromatic nitrogens is 1. The zero-order valence-electron chi connectivity index (χ0n) is 10.9. The number of carbonyl (C=O) groups is 1. The number of halogens is 1. The van der Waals surface area contributed by atoms with Gasteiger partial charge in [0.2, 0.25) is 0 Å². The van der Waals surface area contributed by atoms with Crippen LogP contribution in [0.1, 0.15) is 21.8 Å². The standard InChI is InChI=1S/C13H13ClN2O4/c1-16-6-9(8(13(18)19)4-12(16)17)7-3-11(14)15-5-10(7)20-2/h3-7,10H,1-2H3,(H,18,19). The molecule has 1 aliphatic rings. The maximum Gasteiger partial charge on any atom is 0.336 e. The second-order valence-corrected chi connectivity index (χ2v) is 4.78. The summed E-state index contributed by atoms with van der Waals surface area (Å²) in [6.07, 6.45) is 4.18. The second kappa shape index (κ2) is 5.60. The number of pyridine rings is 1. The summed E-state index contributed by atoms with van der Waals surface area (Å²) in [5, 5.41) is 9.52. The van der Waals surface area contributed by atoms with Crippen molar-refractivity contribution in [3.63, 3.8) is 0 Å². The molecule has 1 aromatic rings. The summed E-state index contributed by atoms with van der Waals surface area (Å²) in [6, 6.07) is 1.10. The highest BCUT2D eigenvalue weighted by Crippen LogP contribution is 2.30. The van der Waals surface area contributed by atoms with E-state index >= 15 is 0 Å². The summed E-state index contributed by atoms with van der Waals surface area (Å²) in [5.41, 5.74) is 0.00610. The molecule has 0 saturated carbocycles. The zero-order valence-corrected chi connectivity index (χ0v) is 11.7. The Morgan fingerprint density at radius 1 is 1.55 bits per heavy atom. The highest BCUT2D eigenvalue weighted by molar-refractivity contribution is 6.30. The SMILES string of the molecule is COC1C=NC(Cl)=CC1c1cn(C)c(=O)cc1C(=O)O. The van der Waals surface area contributed by atoms with Crippen molar-refractivity contribution in [1.82, 2.24) is 4.57 Å². The molecule has 0 aromatic carbocycles. The zero-order chi connectivity index (χ0) is 14.9. The average Bonchev–Trinajstić information content (AvgIpc) is 2.41. The van der Waals surface area contributed by atoms with Crippen LogP contribution in [0.5, 0.6) is 0 Å². The van der Waals surface area contributed by atoms with Crippen LogP contribution in [-0.4, -0.2) is 35.1 Å². The van der Waals surface area contributed by atoms with Crippen molar-refractivity contribution < 1.29 is 14.6 Å². The maximum absolute atomic E-state index is 11.6. The second-order valence-electron chi connectivity index (χ2n) is 4.39. The number of hydrogen-bond acceptors (Lipinski definition) is 4. The van der Waals surface area contributed by atoms with Crippen LogP contribution < -0.4 is 5.56 Å². The Morgan fingerprint density at radius 3 is 2.85 bits per heavy atom.